The van der Waals surface area contributed by atoms with Crippen molar-refractivity contribution in [2.45, 2.75) is 6.54 Å². The number of pyridine rings is 1. The molecular formula is C20H18N2O4. The molecule has 0 fully saturated rings. The number of hydrogen-bond donors (Lipinski definition) is 1. The third kappa shape index (κ3) is 3.01. The molecule has 6 heteroatoms. The zero-order chi connectivity index (χ0) is 18.1. The summed E-state index contributed by atoms with van der Waals surface area (Å²) in [6.07, 6.45) is 0. The van der Waals surface area contributed by atoms with E-state index in [1.807, 2.05) is 36.4 Å². The van der Waals surface area contributed by atoms with Crippen molar-refractivity contribution < 1.29 is 14.3 Å². The number of nitrogens with zero attached hydrogens (tertiary/aromatic N) is 1. The fraction of sp³-hybridized carbons (Fsp3) is 0.200. The Hall–Kier alpha value is -3.28. The first-order valence-electron chi connectivity index (χ1n) is 8.38. The smallest absolute Gasteiger partial charge is 0.254 e. The molecule has 0 radical (unpaired) electrons. The summed E-state index contributed by atoms with van der Waals surface area (Å²) in [6, 6.07) is 14.3. The van der Waals surface area contributed by atoms with Crippen LogP contribution in [-0.2, 0) is 6.54 Å². The highest BCUT2D eigenvalue weighted by molar-refractivity contribution is 6.05. The Morgan fingerprint density at radius 3 is 2.69 bits per heavy atom. The molecule has 0 saturated carbocycles. The van der Waals surface area contributed by atoms with Gasteiger partial charge >= 0.3 is 0 Å². The Labute approximate surface area is 150 Å². The van der Waals surface area contributed by atoms with Gasteiger partial charge in [-0.3, -0.25) is 9.59 Å². The molecule has 4 rings (SSSR count). The zero-order valence-electron chi connectivity index (χ0n) is 14.3. The van der Waals surface area contributed by atoms with Gasteiger partial charge in [-0.25, -0.2) is 0 Å². The third-order valence-electron chi connectivity index (χ3n) is 4.35. The molecule has 0 spiro atoms. The highest BCUT2D eigenvalue weighted by Gasteiger charge is 2.18. The monoisotopic (exact) mass is 350 g/mol. The van der Waals surface area contributed by atoms with E-state index in [-0.39, 0.29) is 11.5 Å². The normalized spacial score (nSPS) is 12.8. The van der Waals surface area contributed by atoms with Gasteiger partial charge in [-0.05, 0) is 23.8 Å². The number of H-pyrrole nitrogens is 1. The summed E-state index contributed by atoms with van der Waals surface area (Å²) in [5.74, 6) is 1.20. The van der Waals surface area contributed by atoms with E-state index < -0.39 is 0 Å². The summed E-state index contributed by atoms with van der Waals surface area (Å²) < 4.78 is 11.1. The van der Waals surface area contributed by atoms with Crippen molar-refractivity contribution in [1.29, 1.82) is 0 Å². The average Bonchev–Trinajstić information content (AvgIpc) is 2.66. The molecule has 1 aliphatic heterocycles. The van der Waals surface area contributed by atoms with E-state index in [1.165, 1.54) is 6.07 Å². The van der Waals surface area contributed by atoms with Gasteiger partial charge in [0, 0.05) is 30.6 Å². The Morgan fingerprint density at radius 2 is 1.85 bits per heavy atom. The van der Waals surface area contributed by atoms with Crippen LogP contribution >= 0.6 is 0 Å². The van der Waals surface area contributed by atoms with Gasteiger partial charge in [0.1, 0.15) is 13.2 Å². The Kier molecular flexibility index (Phi) is 4.08. The lowest BCUT2D eigenvalue weighted by molar-refractivity contribution is 0.0786. The minimum Gasteiger partial charge on any atom is -0.486 e. The van der Waals surface area contributed by atoms with Crippen LogP contribution in [0.3, 0.4) is 0 Å². The molecule has 0 unspecified atom stereocenters. The molecule has 1 N–H and O–H groups in total. The van der Waals surface area contributed by atoms with Crippen molar-refractivity contribution in [3.8, 4) is 11.5 Å². The summed E-state index contributed by atoms with van der Waals surface area (Å²) in [4.78, 5) is 29.2. The molecule has 132 valence electrons. The first-order chi connectivity index (χ1) is 12.6. The van der Waals surface area contributed by atoms with Crippen molar-refractivity contribution in [2.75, 3.05) is 20.3 Å². The van der Waals surface area contributed by atoms with Gasteiger partial charge in [0.25, 0.3) is 5.91 Å². The van der Waals surface area contributed by atoms with Gasteiger partial charge in [-0.2, -0.15) is 0 Å². The minimum absolute atomic E-state index is 0.206. The van der Waals surface area contributed by atoms with E-state index in [4.69, 9.17) is 9.47 Å². The molecular weight excluding hydrogens is 332 g/mol. The molecule has 2 heterocycles. The van der Waals surface area contributed by atoms with Crippen LogP contribution in [0, 0.1) is 0 Å². The highest BCUT2D eigenvalue weighted by atomic mass is 16.6. The van der Waals surface area contributed by atoms with Crippen molar-refractivity contribution >= 4 is 16.8 Å². The van der Waals surface area contributed by atoms with Crippen molar-refractivity contribution in [1.82, 2.24) is 9.88 Å². The van der Waals surface area contributed by atoms with Crippen LogP contribution < -0.4 is 15.0 Å². The number of ether oxygens (including phenoxy) is 2. The maximum Gasteiger partial charge on any atom is 0.254 e. The van der Waals surface area contributed by atoms with E-state index in [0.29, 0.717) is 36.6 Å². The average molecular weight is 350 g/mol. The third-order valence-corrected chi connectivity index (χ3v) is 4.35. The van der Waals surface area contributed by atoms with Crippen LogP contribution in [0.4, 0.5) is 0 Å². The molecule has 6 nitrogen and oxygen atoms in total. The SMILES string of the molecule is CN(Cc1ccc2c(c1)OCCO2)C(=O)c1cc(=O)[nH]c2ccccc12. The number of amides is 1. The fourth-order valence-electron chi connectivity index (χ4n) is 3.12. The number of fused-ring (bicyclic) bond motifs is 2. The quantitative estimate of drug-likeness (QED) is 0.788. The van der Waals surface area contributed by atoms with Crippen molar-refractivity contribution in [3.05, 3.63) is 70.0 Å². The van der Waals surface area contributed by atoms with Crippen LogP contribution in [0.25, 0.3) is 10.9 Å². The largest absolute Gasteiger partial charge is 0.486 e. The molecule has 0 aliphatic carbocycles. The number of para-hydroxylation sites is 1. The predicted octanol–water partition coefficient (Wildman–Crippen LogP) is 2.57. The van der Waals surface area contributed by atoms with E-state index in [1.54, 1.807) is 18.0 Å². The summed E-state index contributed by atoms with van der Waals surface area (Å²) >= 11 is 0. The van der Waals surface area contributed by atoms with Gasteiger partial charge in [0.05, 0.1) is 5.56 Å². The maximum absolute atomic E-state index is 12.9. The van der Waals surface area contributed by atoms with Gasteiger partial charge in [0.15, 0.2) is 11.5 Å². The lowest BCUT2D eigenvalue weighted by atomic mass is 10.1. The molecule has 2 aromatic carbocycles. The molecule has 26 heavy (non-hydrogen) atoms. The topological polar surface area (TPSA) is 71.6 Å². The van der Waals surface area contributed by atoms with Gasteiger partial charge in [0.2, 0.25) is 5.56 Å². The molecule has 0 atom stereocenters. The number of hydrogen-bond acceptors (Lipinski definition) is 4. The first kappa shape index (κ1) is 16.2. The van der Waals surface area contributed by atoms with E-state index in [0.717, 1.165) is 16.7 Å². The molecule has 3 aromatic rings. The number of aromatic amines is 1. The van der Waals surface area contributed by atoms with Crippen LogP contribution in [0.2, 0.25) is 0 Å². The Balaban J connectivity index is 1.62. The number of carbonyl (C=O) groups excluding carboxylic acids is 1. The van der Waals surface area contributed by atoms with Crippen LogP contribution in [0.1, 0.15) is 15.9 Å². The van der Waals surface area contributed by atoms with Gasteiger partial charge in [-0.1, -0.05) is 24.3 Å². The Bertz CT molecular complexity index is 1040. The predicted molar refractivity (Wildman–Crippen MR) is 97.8 cm³/mol. The Morgan fingerprint density at radius 1 is 1.08 bits per heavy atom. The van der Waals surface area contributed by atoms with Gasteiger partial charge in [-0.15, -0.1) is 0 Å². The van der Waals surface area contributed by atoms with Gasteiger partial charge < -0.3 is 19.4 Å². The van der Waals surface area contributed by atoms with Crippen LogP contribution in [0.5, 0.6) is 11.5 Å². The van der Waals surface area contributed by atoms with E-state index >= 15 is 0 Å². The second kappa shape index (κ2) is 6.55. The van der Waals surface area contributed by atoms with E-state index in [2.05, 4.69) is 4.98 Å². The van der Waals surface area contributed by atoms with Crippen LogP contribution in [0.15, 0.2) is 53.3 Å². The molecule has 0 saturated heterocycles. The second-order valence-corrected chi connectivity index (χ2v) is 6.23. The number of rotatable bonds is 3. The zero-order valence-corrected chi connectivity index (χ0v) is 14.3. The van der Waals surface area contributed by atoms with Crippen molar-refractivity contribution in [3.63, 3.8) is 0 Å². The summed E-state index contributed by atoms with van der Waals surface area (Å²) in [5, 5.41) is 0.728. The minimum atomic E-state index is -0.292. The lowest BCUT2D eigenvalue weighted by Gasteiger charge is -2.21. The standard InChI is InChI=1S/C20H18N2O4/c1-22(12-13-6-7-17-18(10-13)26-9-8-25-17)20(24)15-11-19(23)21-16-5-3-2-4-14(15)16/h2-7,10-11H,8-9,12H2,1H3,(H,21,23). The molecule has 1 aliphatic rings. The maximum atomic E-state index is 12.9. The number of nitrogens with one attached hydrogen (secondary N) is 1. The molecule has 1 amide bonds. The molecule has 0 bridgehead atoms. The number of carbonyl (C=O) groups is 1. The summed E-state index contributed by atoms with van der Waals surface area (Å²) in [5.41, 5.74) is 1.68. The highest BCUT2D eigenvalue weighted by Crippen LogP contribution is 2.31. The second-order valence-electron chi connectivity index (χ2n) is 6.23. The summed E-state index contributed by atoms with van der Waals surface area (Å²) in [6.45, 7) is 1.46. The first-order valence-corrected chi connectivity index (χ1v) is 8.38. The lowest BCUT2D eigenvalue weighted by Crippen LogP contribution is -2.27. The summed E-state index contributed by atoms with van der Waals surface area (Å²) in [7, 11) is 1.72. The van der Waals surface area contributed by atoms with Crippen LogP contribution in [-0.4, -0.2) is 36.1 Å². The fourth-order valence-corrected chi connectivity index (χ4v) is 3.12. The molecule has 1 aromatic heterocycles. The van der Waals surface area contributed by atoms with E-state index in [9.17, 15) is 9.59 Å². The van der Waals surface area contributed by atoms with Crippen molar-refractivity contribution in [2.24, 2.45) is 0 Å². The number of aromatic nitrogens is 1. The number of benzene rings is 2.